The Bertz CT molecular complexity index is 860. The predicted octanol–water partition coefficient (Wildman–Crippen LogP) is 2.50. The number of nitriles is 1. The Labute approximate surface area is 162 Å². The fourth-order valence-corrected chi connectivity index (χ4v) is 4.00. The lowest BCUT2D eigenvalue weighted by Crippen LogP contribution is -2.22. The standard InChI is InChI=1S/C18H24N6O2S/c1-4-23-11-20-22-18(23)27-10-16(25)21-17-15(8-19)12(2)13(3)24(17)9-14-6-5-7-26-14/h11,14H,4-7,9-10H2,1-3H3,(H,21,25)/t14-/m0/s1. The van der Waals surface area contributed by atoms with Crippen LogP contribution in [0.3, 0.4) is 0 Å². The minimum atomic E-state index is -0.173. The van der Waals surface area contributed by atoms with Gasteiger partial charge in [0.15, 0.2) is 5.16 Å². The molecule has 144 valence electrons. The molecule has 1 amide bonds. The van der Waals surface area contributed by atoms with Crippen molar-refractivity contribution >= 4 is 23.5 Å². The summed E-state index contributed by atoms with van der Waals surface area (Å²) in [6.07, 6.45) is 3.81. The number of amides is 1. The second-order valence-electron chi connectivity index (χ2n) is 6.53. The van der Waals surface area contributed by atoms with Crippen LogP contribution in [0.2, 0.25) is 0 Å². The van der Waals surface area contributed by atoms with E-state index in [4.69, 9.17) is 4.74 Å². The molecule has 3 rings (SSSR count). The Hall–Kier alpha value is -2.31. The van der Waals surface area contributed by atoms with Crippen LogP contribution in [-0.4, -0.2) is 43.7 Å². The molecule has 1 N–H and O–H groups in total. The molecule has 0 radical (unpaired) electrons. The van der Waals surface area contributed by atoms with E-state index in [9.17, 15) is 10.1 Å². The zero-order valence-electron chi connectivity index (χ0n) is 15.9. The SMILES string of the molecule is CCn1cnnc1SCC(=O)Nc1c(C#N)c(C)c(C)n1C[C@@H]1CCCO1. The highest BCUT2D eigenvalue weighted by atomic mass is 32.2. The second-order valence-corrected chi connectivity index (χ2v) is 7.47. The maximum absolute atomic E-state index is 12.5. The van der Waals surface area contributed by atoms with E-state index in [1.165, 1.54) is 11.8 Å². The average Bonchev–Trinajstić information content (AvgIpc) is 3.38. The molecule has 1 fully saturated rings. The van der Waals surface area contributed by atoms with Gasteiger partial charge in [-0.3, -0.25) is 4.79 Å². The van der Waals surface area contributed by atoms with Crippen LogP contribution in [0.25, 0.3) is 0 Å². The van der Waals surface area contributed by atoms with Gasteiger partial charge < -0.3 is 19.2 Å². The van der Waals surface area contributed by atoms with E-state index in [1.807, 2.05) is 29.9 Å². The smallest absolute Gasteiger partial charge is 0.235 e. The molecule has 1 atom stereocenters. The largest absolute Gasteiger partial charge is 0.376 e. The van der Waals surface area contributed by atoms with Crippen molar-refractivity contribution in [2.75, 3.05) is 17.7 Å². The summed E-state index contributed by atoms with van der Waals surface area (Å²) >= 11 is 1.33. The van der Waals surface area contributed by atoms with E-state index in [1.54, 1.807) is 6.33 Å². The van der Waals surface area contributed by atoms with Gasteiger partial charge >= 0.3 is 0 Å². The van der Waals surface area contributed by atoms with E-state index in [-0.39, 0.29) is 17.8 Å². The van der Waals surface area contributed by atoms with Gasteiger partial charge in [-0.15, -0.1) is 10.2 Å². The molecule has 27 heavy (non-hydrogen) atoms. The van der Waals surface area contributed by atoms with Crippen LogP contribution in [0.15, 0.2) is 11.5 Å². The Morgan fingerprint density at radius 3 is 3.00 bits per heavy atom. The van der Waals surface area contributed by atoms with Gasteiger partial charge in [0.05, 0.1) is 24.0 Å². The first kappa shape index (κ1) is 19.5. The van der Waals surface area contributed by atoms with Gasteiger partial charge in [0.2, 0.25) is 5.91 Å². The van der Waals surface area contributed by atoms with Gasteiger partial charge in [0.1, 0.15) is 18.2 Å². The number of aryl methyl sites for hydroxylation is 1. The molecule has 0 aliphatic carbocycles. The monoisotopic (exact) mass is 388 g/mol. The lowest BCUT2D eigenvalue weighted by Gasteiger charge is -2.16. The van der Waals surface area contributed by atoms with Gasteiger partial charge in [-0.05, 0) is 39.2 Å². The molecule has 1 aliphatic heterocycles. The zero-order chi connectivity index (χ0) is 19.4. The van der Waals surface area contributed by atoms with Crippen molar-refractivity contribution in [2.45, 2.75) is 58.0 Å². The zero-order valence-corrected chi connectivity index (χ0v) is 16.7. The van der Waals surface area contributed by atoms with E-state index >= 15 is 0 Å². The number of anilines is 1. The third kappa shape index (κ3) is 4.17. The first-order valence-corrected chi connectivity index (χ1v) is 10.1. The van der Waals surface area contributed by atoms with Gasteiger partial charge in [-0.1, -0.05) is 11.8 Å². The van der Waals surface area contributed by atoms with Crippen LogP contribution in [0.1, 0.15) is 36.6 Å². The summed E-state index contributed by atoms with van der Waals surface area (Å²) in [5.74, 6) is 0.589. The predicted molar refractivity (Wildman–Crippen MR) is 103 cm³/mol. The van der Waals surface area contributed by atoms with Gasteiger partial charge in [0, 0.05) is 18.8 Å². The maximum Gasteiger partial charge on any atom is 0.235 e. The summed E-state index contributed by atoms with van der Waals surface area (Å²) in [4.78, 5) is 12.5. The molecule has 8 nitrogen and oxygen atoms in total. The first-order valence-electron chi connectivity index (χ1n) is 9.07. The third-order valence-electron chi connectivity index (χ3n) is 4.86. The van der Waals surface area contributed by atoms with Gasteiger partial charge in [-0.2, -0.15) is 5.26 Å². The number of thioether (sulfide) groups is 1. The molecule has 2 aromatic heterocycles. The van der Waals surface area contributed by atoms with Crippen molar-refractivity contribution in [1.29, 1.82) is 5.26 Å². The van der Waals surface area contributed by atoms with Crippen LogP contribution >= 0.6 is 11.8 Å². The van der Waals surface area contributed by atoms with Crippen LogP contribution < -0.4 is 5.32 Å². The molecular formula is C18H24N6O2S. The van der Waals surface area contributed by atoms with E-state index < -0.39 is 0 Å². The van der Waals surface area contributed by atoms with E-state index in [0.717, 1.165) is 37.3 Å². The van der Waals surface area contributed by atoms with E-state index in [2.05, 4.69) is 21.6 Å². The first-order chi connectivity index (χ1) is 13.0. The molecule has 9 heteroatoms. The summed E-state index contributed by atoms with van der Waals surface area (Å²) in [5.41, 5.74) is 2.39. The second kappa shape index (κ2) is 8.59. The normalized spacial score (nSPS) is 16.4. The average molecular weight is 388 g/mol. The number of rotatable bonds is 7. The van der Waals surface area contributed by atoms with Gasteiger partial charge in [0.25, 0.3) is 0 Å². The highest BCUT2D eigenvalue weighted by molar-refractivity contribution is 7.99. The molecule has 0 unspecified atom stereocenters. The number of nitrogens with zero attached hydrogens (tertiary/aromatic N) is 5. The van der Waals surface area contributed by atoms with Crippen LogP contribution in [0.5, 0.6) is 0 Å². The summed E-state index contributed by atoms with van der Waals surface area (Å²) in [6.45, 7) is 8.04. The highest BCUT2D eigenvalue weighted by Crippen LogP contribution is 2.28. The number of carbonyl (C=O) groups excluding carboxylic acids is 1. The maximum atomic E-state index is 12.5. The molecule has 0 saturated carbocycles. The Morgan fingerprint density at radius 1 is 1.52 bits per heavy atom. The molecule has 2 aromatic rings. The molecule has 0 aromatic carbocycles. The lowest BCUT2D eigenvalue weighted by molar-refractivity contribution is -0.113. The fraction of sp³-hybridized carbons (Fsp3) is 0.556. The third-order valence-corrected chi connectivity index (χ3v) is 5.84. The molecule has 0 spiro atoms. The summed E-state index contributed by atoms with van der Waals surface area (Å²) in [6, 6.07) is 2.23. The van der Waals surface area contributed by atoms with Crippen molar-refractivity contribution < 1.29 is 9.53 Å². The van der Waals surface area contributed by atoms with Crippen LogP contribution in [0, 0.1) is 25.2 Å². The number of hydrogen-bond donors (Lipinski definition) is 1. The number of hydrogen-bond acceptors (Lipinski definition) is 6. The van der Waals surface area contributed by atoms with Gasteiger partial charge in [-0.25, -0.2) is 0 Å². The minimum absolute atomic E-state index is 0.121. The van der Waals surface area contributed by atoms with Crippen molar-refractivity contribution in [3.05, 3.63) is 23.1 Å². The molecule has 3 heterocycles. The van der Waals surface area contributed by atoms with Crippen molar-refractivity contribution in [3.8, 4) is 6.07 Å². The number of carbonyl (C=O) groups is 1. The topological polar surface area (TPSA) is 97.8 Å². The van der Waals surface area contributed by atoms with Crippen molar-refractivity contribution in [1.82, 2.24) is 19.3 Å². The molecule has 1 saturated heterocycles. The summed E-state index contributed by atoms with van der Waals surface area (Å²) in [7, 11) is 0. The van der Waals surface area contributed by atoms with E-state index in [0.29, 0.717) is 23.1 Å². The Morgan fingerprint density at radius 2 is 2.33 bits per heavy atom. The lowest BCUT2D eigenvalue weighted by atomic mass is 10.2. The Balaban J connectivity index is 1.75. The highest BCUT2D eigenvalue weighted by Gasteiger charge is 2.24. The minimum Gasteiger partial charge on any atom is -0.376 e. The van der Waals surface area contributed by atoms with Crippen molar-refractivity contribution in [2.24, 2.45) is 0 Å². The Kier molecular flexibility index (Phi) is 6.19. The number of aromatic nitrogens is 4. The molecular weight excluding hydrogens is 364 g/mol. The quantitative estimate of drug-likeness (QED) is 0.732. The van der Waals surface area contributed by atoms with Crippen LogP contribution in [0.4, 0.5) is 5.82 Å². The summed E-state index contributed by atoms with van der Waals surface area (Å²) in [5, 5.41) is 21.1. The molecule has 0 bridgehead atoms. The number of nitrogens with one attached hydrogen (secondary N) is 1. The fourth-order valence-electron chi connectivity index (χ4n) is 3.22. The van der Waals surface area contributed by atoms with Crippen molar-refractivity contribution in [3.63, 3.8) is 0 Å². The van der Waals surface area contributed by atoms with Crippen LogP contribution in [-0.2, 0) is 22.6 Å². The molecule has 1 aliphatic rings. The summed E-state index contributed by atoms with van der Waals surface area (Å²) < 4.78 is 9.62. The number of ether oxygens (including phenoxy) is 1.